The summed E-state index contributed by atoms with van der Waals surface area (Å²) in [6.07, 6.45) is 0. The first-order chi connectivity index (χ1) is 19.8. The van der Waals surface area contributed by atoms with Crippen LogP contribution in [0.4, 0.5) is 17.1 Å². The van der Waals surface area contributed by atoms with Gasteiger partial charge in [-0.2, -0.15) is 0 Å². The van der Waals surface area contributed by atoms with E-state index in [0.717, 1.165) is 39.4 Å². The summed E-state index contributed by atoms with van der Waals surface area (Å²) < 4.78 is 6.22. The minimum absolute atomic E-state index is 0.862. The smallest absolute Gasteiger partial charge is 0.135 e. The lowest BCUT2D eigenvalue weighted by Crippen LogP contribution is -2.10. The summed E-state index contributed by atoms with van der Waals surface area (Å²) in [6, 6.07) is 57.4. The van der Waals surface area contributed by atoms with Crippen molar-refractivity contribution >= 4 is 28.0 Å². The molecular weight excluding hydrogens is 486 g/mol. The predicted molar refractivity (Wildman–Crippen MR) is 167 cm³/mol. The number of benzene rings is 6. The maximum atomic E-state index is 6.22. The van der Waals surface area contributed by atoms with Gasteiger partial charge in [0.2, 0.25) is 0 Å². The van der Waals surface area contributed by atoms with Crippen LogP contribution in [0.2, 0.25) is 0 Å². The third kappa shape index (κ3) is 4.68. The molecule has 0 atom stereocenters. The normalized spacial score (nSPS) is 11.0. The van der Waals surface area contributed by atoms with Crippen molar-refractivity contribution in [3.8, 4) is 33.6 Å². The van der Waals surface area contributed by atoms with Crippen molar-refractivity contribution in [1.29, 1.82) is 0 Å². The summed E-state index contributed by atoms with van der Waals surface area (Å²) in [4.78, 5) is 2.31. The van der Waals surface area contributed by atoms with Crippen LogP contribution >= 0.6 is 0 Å². The molecule has 1 heterocycles. The van der Waals surface area contributed by atoms with Gasteiger partial charge in [-0.1, -0.05) is 115 Å². The van der Waals surface area contributed by atoms with E-state index in [1.165, 1.54) is 22.3 Å². The van der Waals surface area contributed by atoms with Crippen LogP contribution in [0.1, 0.15) is 0 Å². The highest BCUT2D eigenvalue weighted by molar-refractivity contribution is 5.86. The molecule has 0 aliphatic carbocycles. The Morgan fingerprint density at radius 3 is 1.55 bits per heavy atom. The van der Waals surface area contributed by atoms with Gasteiger partial charge in [0, 0.05) is 28.0 Å². The van der Waals surface area contributed by atoms with Crippen molar-refractivity contribution in [2.24, 2.45) is 0 Å². The molecule has 0 aliphatic heterocycles. The van der Waals surface area contributed by atoms with E-state index in [2.05, 4.69) is 144 Å². The number of fused-ring (bicyclic) bond motifs is 1. The number of hydrogen-bond acceptors (Lipinski definition) is 2. The molecule has 0 amide bonds. The molecule has 7 aromatic rings. The van der Waals surface area contributed by atoms with Gasteiger partial charge >= 0.3 is 0 Å². The van der Waals surface area contributed by atoms with Gasteiger partial charge in [0.25, 0.3) is 0 Å². The average Bonchev–Trinajstić information content (AvgIpc) is 3.48. The second-order valence-corrected chi connectivity index (χ2v) is 9.86. The van der Waals surface area contributed by atoms with E-state index in [0.29, 0.717) is 0 Å². The Morgan fingerprint density at radius 1 is 0.350 bits per heavy atom. The third-order valence-corrected chi connectivity index (χ3v) is 7.26. The fourth-order valence-electron chi connectivity index (χ4n) is 5.26. The predicted octanol–water partition coefficient (Wildman–Crippen LogP) is 10.9. The molecule has 0 spiro atoms. The Bertz CT molecular complexity index is 1850. The maximum Gasteiger partial charge on any atom is 0.135 e. The summed E-state index contributed by atoms with van der Waals surface area (Å²) in [5.74, 6) is 0.862. The van der Waals surface area contributed by atoms with E-state index in [4.69, 9.17) is 4.42 Å². The fraction of sp³-hybridized carbons (Fsp3) is 0. The Balaban J connectivity index is 1.34. The highest BCUT2D eigenvalue weighted by Gasteiger charge is 2.16. The quantitative estimate of drug-likeness (QED) is 0.220. The molecular formula is C38H27NO. The fourth-order valence-corrected chi connectivity index (χ4v) is 5.26. The molecule has 0 unspecified atom stereocenters. The first-order valence-corrected chi connectivity index (χ1v) is 13.5. The lowest BCUT2D eigenvalue weighted by Gasteiger charge is -2.26. The second-order valence-electron chi connectivity index (χ2n) is 9.86. The van der Waals surface area contributed by atoms with Crippen molar-refractivity contribution in [1.82, 2.24) is 0 Å². The van der Waals surface area contributed by atoms with Crippen molar-refractivity contribution < 1.29 is 4.42 Å². The molecule has 6 aromatic carbocycles. The first kappa shape index (κ1) is 23.8. The van der Waals surface area contributed by atoms with Crippen LogP contribution in [-0.4, -0.2) is 0 Å². The Labute approximate surface area is 234 Å². The first-order valence-electron chi connectivity index (χ1n) is 13.5. The van der Waals surface area contributed by atoms with Gasteiger partial charge in [0.1, 0.15) is 11.3 Å². The molecule has 2 heteroatoms. The molecule has 2 nitrogen and oxygen atoms in total. The second kappa shape index (κ2) is 10.4. The summed E-state index contributed by atoms with van der Waals surface area (Å²) in [7, 11) is 0. The lowest BCUT2D eigenvalue weighted by atomic mass is 10.0. The zero-order valence-electron chi connectivity index (χ0n) is 21.9. The van der Waals surface area contributed by atoms with Crippen LogP contribution in [0, 0.1) is 0 Å². The lowest BCUT2D eigenvalue weighted by molar-refractivity contribution is 0.631. The summed E-state index contributed by atoms with van der Waals surface area (Å²) in [6.45, 7) is 0. The molecule has 0 saturated carbocycles. The third-order valence-electron chi connectivity index (χ3n) is 7.26. The van der Waals surface area contributed by atoms with Crippen LogP contribution in [0.25, 0.3) is 44.5 Å². The zero-order valence-corrected chi connectivity index (χ0v) is 21.9. The molecule has 0 saturated heterocycles. The Hall–Kier alpha value is -5.34. The zero-order chi connectivity index (χ0) is 26.7. The molecule has 0 fully saturated rings. The van der Waals surface area contributed by atoms with E-state index in [9.17, 15) is 0 Å². The Kier molecular flexibility index (Phi) is 6.20. The topological polar surface area (TPSA) is 16.4 Å². The molecule has 0 radical (unpaired) electrons. The van der Waals surface area contributed by atoms with E-state index in [1.807, 2.05) is 24.3 Å². The molecule has 40 heavy (non-hydrogen) atoms. The minimum atomic E-state index is 0.862. The standard InChI is InChI=1S/C38H27NO/c1-3-11-28(12-4-1)30-21-23-34(24-22-30)39(35-18-9-16-31(25-35)29-13-5-2-6-14-29)36-19-10-17-32(26-36)38-27-33-15-7-8-20-37(33)40-38/h1-27H. The van der Waals surface area contributed by atoms with Gasteiger partial charge in [-0.3, -0.25) is 0 Å². The monoisotopic (exact) mass is 513 g/mol. The Morgan fingerprint density at radius 2 is 0.875 bits per heavy atom. The van der Waals surface area contributed by atoms with E-state index in [1.54, 1.807) is 0 Å². The molecule has 190 valence electrons. The van der Waals surface area contributed by atoms with Crippen LogP contribution in [0.5, 0.6) is 0 Å². The van der Waals surface area contributed by atoms with Crippen LogP contribution in [-0.2, 0) is 0 Å². The number of nitrogens with zero attached hydrogens (tertiary/aromatic N) is 1. The van der Waals surface area contributed by atoms with E-state index in [-0.39, 0.29) is 0 Å². The summed E-state index contributed by atoms with van der Waals surface area (Å²) >= 11 is 0. The molecule has 0 N–H and O–H groups in total. The van der Waals surface area contributed by atoms with Gasteiger partial charge in [-0.25, -0.2) is 0 Å². The van der Waals surface area contributed by atoms with Crippen LogP contribution < -0.4 is 4.90 Å². The summed E-state index contributed by atoms with van der Waals surface area (Å²) in [5.41, 5.74) is 9.96. The number of para-hydroxylation sites is 1. The molecule has 1 aromatic heterocycles. The van der Waals surface area contributed by atoms with Crippen molar-refractivity contribution in [3.63, 3.8) is 0 Å². The van der Waals surface area contributed by atoms with Crippen LogP contribution in [0.15, 0.2) is 168 Å². The van der Waals surface area contributed by atoms with Gasteiger partial charge in [-0.05, 0) is 70.8 Å². The molecule has 0 aliphatic rings. The van der Waals surface area contributed by atoms with E-state index < -0.39 is 0 Å². The molecule has 7 rings (SSSR count). The van der Waals surface area contributed by atoms with Gasteiger partial charge < -0.3 is 9.32 Å². The summed E-state index contributed by atoms with van der Waals surface area (Å²) in [5, 5.41) is 1.10. The van der Waals surface area contributed by atoms with Gasteiger partial charge in [-0.15, -0.1) is 0 Å². The SMILES string of the molecule is c1ccc(-c2ccc(N(c3cccc(-c4ccccc4)c3)c3cccc(-c4cc5ccccc5o4)c3)cc2)cc1. The number of furan rings is 1. The van der Waals surface area contributed by atoms with Gasteiger partial charge in [0.05, 0.1) is 0 Å². The number of anilines is 3. The van der Waals surface area contributed by atoms with Crippen molar-refractivity contribution in [3.05, 3.63) is 164 Å². The van der Waals surface area contributed by atoms with Crippen molar-refractivity contribution in [2.75, 3.05) is 4.90 Å². The maximum absolute atomic E-state index is 6.22. The highest BCUT2D eigenvalue weighted by atomic mass is 16.3. The largest absolute Gasteiger partial charge is 0.456 e. The van der Waals surface area contributed by atoms with Gasteiger partial charge in [0.15, 0.2) is 0 Å². The highest BCUT2D eigenvalue weighted by Crippen LogP contribution is 2.39. The molecule has 0 bridgehead atoms. The average molecular weight is 514 g/mol. The van der Waals surface area contributed by atoms with E-state index >= 15 is 0 Å². The van der Waals surface area contributed by atoms with Crippen molar-refractivity contribution in [2.45, 2.75) is 0 Å². The number of hydrogen-bond donors (Lipinski definition) is 0. The number of rotatable bonds is 6. The van der Waals surface area contributed by atoms with Crippen LogP contribution in [0.3, 0.4) is 0 Å². The minimum Gasteiger partial charge on any atom is -0.456 e.